The lowest BCUT2D eigenvalue weighted by atomic mass is 9.63. The van der Waals surface area contributed by atoms with E-state index in [1.807, 2.05) is 37.2 Å². The SMILES string of the molecule is CN(C)c1ccc(CNS(=O)(=O)c2cc(C(F)(F)F)cnc2NCC2CN(Cc3ccccc3)CC23CCC3)nc1. The summed E-state index contributed by atoms with van der Waals surface area (Å²) in [5.41, 5.74) is 1.50. The van der Waals surface area contributed by atoms with Crippen LogP contribution in [0.5, 0.6) is 0 Å². The summed E-state index contributed by atoms with van der Waals surface area (Å²) >= 11 is 0. The lowest BCUT2D eigenvalue weighted by Crippen LogP contribution is -2.40. The Balaban J connectivity index is 1.33. The number of nitrogens with one attached hydrogen (secondary N) is 2. The van der Waals surface area contributed by atoms with Gasteiger partial charge in [-0.25, -0.2) is 18.1 Å². The highest BCUT2D eigenvalue weighted by molar-refractivity contribution is 7.89. The summed E-state index contributed by atoms with van der Waals surface area (Å²) in [5.74, 6) is 0.129. The largest absolute Gasteiger partial charge is 0.417 e. The fraction of sp³-hybridized carbons (Fsp3) is 0.448. The second-order valence-corrected chi connectivity index (χ2v) is 13.0. The van der Waals surface area contributed by atoms with Gasteiger partial charge in [0.2, 0.25) is 10.0 Å². The summed E-state index contributed by atoms with van der Waals surface area (Å²) in [6.07, 6.45) is 0.842. The fourth-order valence-electron chi connectivity index (χ4n) is 5.77. The third kappa shape index (κ3) is 6.65. The molecule has 1 aliphatic carbocycles. The normalized spacial score (nSPS) is 18.8. The van der Waals surface area contributed by atoms with Crippen molar-refractivity contribution in [2.24, 2.45) is 11.3 Å². The van der Waals surface area contributed by atoms with Crippen molar-refractivity contribution in [1.82, 2.24) is 19.6 Å². The number of sulfonamides is 1. The molecule has 8 nitrogen and oxygen atoms in total. The van der Waals surface area contributed by atoms with Gasteiger partial charge in [-0.05, 0) is 47.9 Å². The van der Waals surface area contributed by atoms with Gasteiger partial charge < -0.3 is 10.2 Å². The summed E-state index contributed by atoms with van der Waals surface area (Å²) in [7, 11) is -0.642. The number of hydrogen-bond acceptors (Lipinski definition) is 7. The van der Waals surface area contributed by atoms with Gasteiger partial charge in [0, 0.05) is 46.5 Å². The topological polar surface area (TPSA) is 90.5 Å². The minimum absolute atomic E-state index is 0.0857. The molecular weight excluding hydrogens is 553 g/mol. The summed E-state index contributed by atoms with van der Waals surface area (Å²) in [5, 5.41) is 3.12. The number of alkyl halides is 3. The lowest BCUT2D eigenvalue weighted by molar-refractivity contribution is -0.138. The van der Waals surface area contributed by atoms with E-state index in [2.05, 4.69) is 37.0 Å². The van der Waals surface area contributed by atoms with E-state index < -0.39 is 26.7 Å². The number of pyridine rings is 2. The van der Waals surface area contributed by atoms with Crippen molar-refractivity contribution in [3.8, 4) is 0 Å². The molecule has 3 heterocycles. The fourth-order valence-corrected chi connectivity index (χ4v) is 6.93. The van der Waals surface area contributed by atoms with Crippen LogP contribution in [0.2, 0.25) is 0 Å². The molecular formula is C29H35F3N6O2S. The zero-order chi connectivity index (χ0) is 29.3. The summed E-state index contributed by atoms with van der Waals surface area (Å²) < 4.78 is 69.7. The van der Waals surface area contributed by atoms with E-state index >= 15 is 0 Å². The molecule has 2 aromatic heterocycles. The highest BCUT2D eigenvalue weighted by Crippen LogP contribution is 2.52. The van der Waals surface area contributed by atoms with E-state index in [0.717, 1.165) is 44.6 Å². The average molecular weight is 589 g/mol. The van der Waals surface area contributed by atoms with Crippen molar-refractivity contribution in [2.45, 2.75) is 43.4 Å². The Labute approximate surface area is 239 Å². The van der Waals surface area contributed by atoms with Gasteiger partial charge in [-0.1, -0.05) is 36.8 Å². The first kappa shape index (κ1) is 29.3. The second-order valence-electron chi connectivity index (χ2n) is 11.2. The minimum Gasteiger partial charge on any atom is -0.376 e. The molecule has 2 fully saturated rings. The van der Waals surface area contributed by atoms with Crippen LogP contribution in [0.15, 0.2) is 65.8 Å². The maximum absolute atomic E-state index is 13.6. The lowest BCUT2D eigenvalue weighted by Gasteiger charge is -2.43. The molecule has 1 aliphatic heterocycles. The van der Waals surface area contributed by atoms with E-state index in [9.17, 15) is 21.6 Å². The van der Waals surface area contributed by atoms with E-state index in [0.29, 0.717) is 24.5 Å². The highest BCUT2D eigenvalue weighted by Gasteiger charge is 2.50. The predicted molar refractivity (Wildman–Crippen MR) is 152 cm³/mol. The molecule has 0 bridgehead atoms. The van der Waals surface area contributed by atoms with E-state index in [4.69, 9.17) is 0 Å². The first-order valence-electron chi connectivity index (χ1n) is 13.6. The van der Waals surface area contributed by atoms with Gasteiger partial charge in [0.25, 0.3) is 0 Å². The van der Waals surface area contributed by atoms with Gasteiger partial charge in [0.1, 0.15) is 10.7 Å². The molecule has 3 aromatic rings. The first-order chi connectivity index (χ1) is 19.5. The Morgan fingerprint density at radius 3 is 2.44 bits per heavy atom. The smallest absolute Gasteiger partial charge is 0.376 e. The van der Waals surface area contributed by atoms with E-state index in [1.54, 1.807) is 18.3 Å². The number of rotatable bonds is 10. The Bertz CT molecular complexity index is 1450. The predicted octanol–water partition coefficient (Wildman–Crippen LogP) is 4.75. The van der Waals surface area contributed by atoms with Gasteiger partial charge in [-0.15, -0.1) is 0 Å². The van der Waals surface area contributed by atoms with Crippen molar-refractivity contribution in [3.63, 3.8) is 0 Å². The number of halogens is 3. The van der Waals surface area contributed by atoms with E-state index in [1.165, 1.54) is 5.56 Å². The number of likely N-dealkylation sites (tertiary alicyclic amines) is 1. The van der Waals surface area contributed by atoms with Crippen LogP contribution in [0.3, 0.4) is 0 Å². The molecule has 1 saturated heterocycles. The zero-order valence-corrected chi connectivity index (χ0v) is 24.0. The Morgan fingerprint density at radius 2 is 1.83 bits per heavy atom. The molecule has 12 heteroatoms. The number of nitrogens with zero attached hydrogens (tertiary/aromatic N) is 4. The van der Waals surface area contributed by atoms with Crippen LogP contribution in [-0.4, -0.2) is 57.0 Å². The zero-order valence-electron chi connectivity index (χ0n) is 23.2. The van der Waals surface area contributed by atoms with Crippen molar-refractivity contribution in [1.29, 1.82) is 0 Å². The number of hydrogen-bond donors (Lipinski definition) is 2. The summed E-state index contributed by atoms with van der Waals surface area (Å²) in [6, 6.07) is 14.3. The van der Waals surface area contributed by atoms with Gasteiger partial charge in [0.05, 0.1) is 29.7 Å². The van der Waals surface area contributed by atoms with E-state index in [-0.39, 0.29) is 23.7 Å². The van der Waals surface area contributed by atoms with Gasteiger partial charge >= 0.3 is 6.18 Å². The standard InChI is InChI=1S/C29H35F3N6O2S/c1-37(2)25-10-9-24(33-17-25)16-36-41(39,40)26-13-22(29(30,31)32)14-34-27(26)35-15-23-19-38(20-28(23)11-6-12-28)18-21-7-4-3-5-8-21/h3-5,7-10,13-14,17,23,36H,6,11-12,15-16,18-20H2,1-2H3,(H,34,35). The Hall–Kier alpha value is -3.22. The average Bonchev–Trinajstić information content (AvgIpc) is 3.30. The van der Waals surface area contributed by atoms with Crippen LogP contribution in [0.25, 0.3) is 0 Å². The van der Waals surface area contributed by atoms with Crippen molar-refractivity contribution >= 4 is 21.5 Å². The molecule has 1 atom stereocenters. The Kier molecular flexibility index (Phi) is 8.27. The number of aromatic nitrogens is 2. The second kappa shape index (κ2) is 11.6. The molecule has 1 saturated carbocycles. The van der Waals surface area contributed by atoms with Crippen LogP contribution in [-0.2, 0) is 29.3 Å². The Morgan fingerprint density at radius 1 is 1.07 bits per heavy atom. The van der Waals surface area contributed by atoms with Crippen LogP contribution in [0.4, 0.5) is 24.7 Å². The third-order valence-corrected chi connectivity index (χ3v) is 9.65. The van der Waals surface area contributed by atoms with Gasteiger partial charge in [-0.3, -0.25) is 9.88 Å². The number of benzene rings is 1. The molecule has 0 radical (unpaired) electrons. The summed E-state index contributed by atoms with van der Waals surface area (Å²) in [6.45, 7) is 2.83. The number of anilines is 2. The maximum Gasteiger partial charge on any atom is 0.417 e. The van der Waals surface area contributed by atoms with Crippen molar-refractivity contribution < 1.29 is 21.6 Å². The molecule has 0 amide bonds. The van der Waals surface area contributed by atoms with Gasteiger partial charge in [-0.2, -0.15) is 13.2 Å². The highest BCUT2D eigenvalue weighted by atomic mass is 32.2. The third-order valence-electron chi connectivity index (χ3n) is 8.24. The quantitative estimate of drug-likeness (QED) is 0.353. The molecule has 41 heavy (non-hydrogen) atoms. The van der Waals surface area contributed by atoms with Crippen LogP contribution >= 0.6 is 0 Å². The van der Waals surface area contributed by atoms with Crippen LogP contribution in [0.1, 0.15) is 36.1 Å². The van der Waals surface area contributed by atoms with Crippen LogP contribution in [0, 0.1) is 11.3 Å². The molecule has 1 spiro atoms. The molecule has 1 unspecified atom stereocenters. The summed E-state index contributed by atoms with van der Waals surface area (Å²) in [4.78, 5) is 11.9. The molecule has 2 aliphatic rings. The van der Waals surface area contributed by atoms with Crippen molar-refractivity contribution in [2.75, 3.05) is 43.9 Å². The molecule has 2 N–H and O–H groups in total. The first-order valence-corrected chi connectivity index (χ1v) is 15.1. The van der Waals surface area contributed by atoms with Crippen LogP contribution < -0.4 is 14.9 Å². The van der Waals surface area contributed by atoms with Gasteiger partial charge in [0.15, 0.2) is 0 Å². The minimum atomic E-state index is -4.74. The molecule has 5 rings (SSSR count). The van der Waals surface area contributed by atoms with Crippen molar-refractivity contribution in [3.05, 3.63) is 77.7 Å². The maximum atomic E-state index is 13.6. The monoisotopic (exact) mass is 588 g/mol. The molecule has 1 aromatic carbocycles. The molecule has 220 valence electrons.